The monoisotopic (exact) mass is 146 g/mol. The summed E-state index contributed by atoms with van der Waals surface area (Å²) in [4.78, 5) is 0. The van der Waals surface area contributed by atoms with E-state index in [9.17, 15) is 0 Å². The van der Waals surface area contributed by atoms with Crippen molar-refractivity contribution in [3.63, 3.8) is 0 Å². The van der Waals surface area contributed by atoms with Crippen LogP contribution in [0, 0.1) is 0 Å². The van der Waals surface area contributed by atoms with Gasteiger partial charge in [0, 0.05) is 17.5 Å². The normalized spacial score (nSPS) is 13.1. The van der Waals surface area contributed by atoms with E-state index in [1.165, 1.54) is 11.1 Å². The van der Waals surface area contributed by atoms with Crippen LogP contribution >= 0.6 is 0 Å². The second kappa shape index (κ2) is 1.59. The molecule has 2 heterocycles. The molecule has 0 bridgehead atoms. The molecule has 2 aromatic rings. The van der Waals surface area contributed by atoms with Gasteiger partial charge < -0.3 is 8.83 Å². The molecule has 0 amide bonds. The summed E-state index contributed by atoms with van der Waals surface area (Å²) >= 11 is 0. The van der Waals surface area contributed by atoms with E-state index in [1.807, 2.05) is 12.1 Å². The van der Waals surface area contributed by atoms with Gasteiger partial charge in [-0.15, -0.1) is 0 Å². The van der Waals surface area contributed by atoms with Crippen molar-refractivity contribution in [1.29, 1.82) is 0 Å². The number of furan rings is 2. The highest BCUT2D eigenvalue weighted by molar-refractivity contribution is 5.66. The van der Waals surface area contributed by atoms with E-state index in [4.69, 9.17) is 8.83 Å². The third-order valence-electron chi connectivity index (χ3n) is 2.08. The van der Waals surface area contributed by atoms with Gasteiger partial charge in [0.2, 0.25) is 0 Å². The van der Waals surface area contributed by atoms with Crippen molar-refractivity contribution in [3.05, 3.63) is 35.8 Å². The summed E-state index contributed by atoms with van der Waals surface area (Å²) in [5.74, 6) is 1.81. The SMILES string of the molecule is c1cc2c(o1)-c1occc1C2. The molecular weight excluding hydrogens is 140 g/mol. The van der Waals surface area contributed by atoms with E-state index in [0.29, 0.717) is 0 Å². The highest BCUT2D eigenvalue weighted by atomic mass is 16.4. The predicted octanol–water partition coefficient (Wildman–Crippen LogP) is 2.44. The Morgan fingerprint density at radius 3 is 2.00 bits per heavy atom. The van der Waals surface area contributed by atoms with Gasteiger partial charge in [-0.05, 0) is 12.1 Å². The predicted molar refractivity (Wildman–Crippen MR) is 39.2 cm³/mol. The van der Waals surface area contributed by atoms with Crippen LogP contribution in [-0.2, 0) is 6.42 Å². The first-order valence-corrected chi connectivity index (χ1v) is 3.58. The van der Waals surface area contributed by atoms with Crippen LogP contribution in [0.3, 0.4) is 0 Å². The Bertz CT molecular complexity index is 357. The highest BCUT2D eigenvalue weighted by Gasteiger charge is 2.23. The standard InChI is InChI=1S/C9H6O2/c1-3-10-8-6(1)5-7-2-4-11-9(7)8/h1-4H,5H2. The zero-order chi connectivity index (χ0) is 7.26. The molecule has 0 saturated carbocycles. The molecule has 54 valence electrons. The molecule has 1 aliphatic rings. The molecule has 0 unspecified atom stereocenters. The molecule has 1 aliphatic carbocycles. The Kier molecular flexibility index (Phi) is 0.756. The second-order valence-electron chi connectivity index (χ2n) is 2.73. The summed E-state index contributed by atoms with van der Waals surface area (Å²) in [5.41, 5.74) is 2.47. The third kappa shape index (κ3) is 0.522. The Hall–Kier alpha value is -1.44. The molecule has 2 heteroatoms. The Balaban J connectivity index is 2.38. The van der Waals surface area contributed by atoms with Crippen LogP contribution in [0.25, 0.3) is 11.5 Å². The van der Waals surface area contributed by atoms with Crippen molar-refractivity contribution in [1.82, 2.24) is 0 Å². The summed E-state index contributed by atoms with van der Waals surface area (Å²) in [6.07, 6.45) is 4.36. The fourth-order valence-corrected chi connectivity index (χ4v) is 1.55. The molecule has 0 aromatic carbocycles. The number of fused-ring (bicyclic) bond motifs is 3. The first-order valence-electron chi connectivity index (χ1n) is 3.58. The topological polar surface area (TPSA) is 26.3 Å². The third-order valence-corrected chi connectivity index (χ3v) is 2.08. The first-order chi connectivity index (χ1) is 5.45. The van der Waals surface area contributed by atoms with E-state index in [1.54, 1.807) is 12.5 Å². The first kappa shape index (κ1) is 5.24. The van der Waals surface area contributed by atoms with Gasteiger partial charge in [0.25, 0.3) is 0 Å². The number of rotatable bonds is 0. The molecule has 3 rings (SSSR count). The van der Waals surface area contributed by atoms with Crippen LogP contribution in [-0.4, -0.2) is 0 Å². The van der Waals surface area contributed by atoms with E-state index >= 15 is 0 Å². The Morgan fingerprint density at radius 1 is 0.909 bits per heavy atom. The van der Waals surface area contributed by atoms with Gasteiger partial charge in [0.1, 0.15) is 0 Å². The minimum Gasteiger partial charge on any atom is -0.461 e. The molecular formula is C9H6O2. The molecule has 0 saturated heterocycles. The van der Waals surface area contributed by atoms with Crippen molar-refractivity contribution < 1.29 is 8.83 Å². The molecule has 2 nitrogen and oxygen atoms in total. The zero-order valence-electron chi connectivity index (χ0n) is 5.83. The van der Waals surface area contributed by atoms with E-state index < -0.39 is 0 Å². The van der Waals surface area contributed by atoms with Crippen molar-refractivity contribution in [3.8, 4) is 11.5 Å². The maximum absolute atomic E-state index is 5.27. The van der Waals surface area contributed by atoms with Crippen LogP contribution < -0.4 is 0 Å². The average molecular weight is 146 g/mol. The van der Waals surface area contributed by atoms with E-state index in [0.717, 1.165) is 17.9 Å². The zero-order valence-corrected chi connectivity index (χ0v) is 5.83. The van der Waals surface area contributed by atoms with Crippen molar-refractivity contribution in [2.75, 3.05) is 0 Å². The fourth-order valence-electron chi connectivity index (χ4n) is 1.55. The molecule has 0 fully saturated rings. The molecule has 0 radical (unpaired) electrons. The van der Waals surface area contributed by atoms with Crippen molar-refractivity contribution in [2.24, 2.45) is 0 Å². The van der Waals surface area contributed by atoms with Gasteiger partial charge >= 0.3 is 0 Å². The number of hydrogen-bond donors (Lipinski definition) is 0. The van der Waals surface area contributed by atoms with Crippen molar-refractivity contribution in [2.45, 2.75) is 6.42 Å². The van der Waals surface area contributed by atoms with Gasteiger partial charge in [-0.1, -0.05) is 0 Å². The average Bonchev–Trinajstić information content (AvgIpc) is 2.52. The summed E-state index contributed by atoms with van der Waals surface area (Å²) < 4.78 is 10.5. The van der Waals surface area contributed by atoms with Gasteiger partial charge in [0.05, 0.1) is 12.5 Å². The van der Waals surface area contributed by atoms with E-state index in [2.05, 4.69) is 0 Å². The summed E-state index contributed by atoms with van der Waals surface area (Å²) in [6, 6.07) is 3.98. The van der Waals surface area contributed by atoms with Crippen LogP contribution in [0.4, 0.5) is 0 Å². The largest absolute Gasteiger partial charge is 0.461 e. The molecule has 0 N–H and O–H groups in total. The maximum Gasteiger partial charge on any atom is 0.172 e. The number of hydrogen-bond acceptors (Lipinski definition) is 2. The quantitative estimate of drug-likeness (QED) is 0.487. The van der Waals surface area contributed by atoms with E-state index in [-0.39, 0.29) is 0 Å². The summed E-state index contributed by atoms with van der Waals surface area (Å²) in [7, 11) is 0. The van der Waals surface area contributed by atoms with Crippen LogP contribution in [0.2, 0.25) is 0 Å². The van der Waals surface area contributed by atoms with Crippen LogP contribution in [0.15, 0.2) is 33.5 Å². The lowest BCUT2D eigenvalue weighted by Gasteiger charge is -1.84. The molecule has 2 aromatic heterocycles. The highest BCUT2D eigenvalue weighted by Crippen LogP contribution is 2.37. The lowest BCUT2D eigenvalue weighted by Crippen LogP contribution is -1.72. The van der Waals surface area contributed by atoms with Gasteiger partial charge in [-0.2, -0.15) is 0 Å². The van der Waals surface area contributed by atoms with Gasteiger partial charge in [0.15, 0.2) is 11.5 Å². The smallest absolute Gasteiger partial charge is 0.172 e. The minimum atomic E-state index is 0.907. The molecule has 0 spiro atoms. The van der Waals surface area contributed by atoms with Gasteiger partial charge in [-0.25, -0.2) is 0 Å². The lowest BCUT2D eigenvalue weighted by atomic mass is 10.2. The summed E-state index contributed by atoms with van der Waals surface area (Å²) in [6.45, 7) is 0. The second-order valence-corrected chi connectivity index (χ2v) is 2.73. The van der Waals surface area contributed by atoms with Crippen molar-refractivity contribution >= 4 is 0 Å². The summed E-state index contributed by atoms with van der Waals surface area (Å²) in [5, 5.41) is 0. The Morgan fingerprint density at radius 2 is 1.45 bits per heavy atom. The van der Waals surface area contributed by atoms with Crippen LogP contribution in [0.5, 0.6) is 0 Å². The van der Waals surface area contributed by atoms with Crippen LogP contribution in [0.1, 0.15) is 11.1 Å². The maximum atomic E-state index is 5.27. The molecule has 0 aliphatic heterocycles. The molecule has 0 atom stereocenters. The Labute approximate surface area is 63.4 Å². The molecule has 11 heavy (non-hydrogen) atoms. The fraction of sp³-hybridized carbons (Fsp3) is 0.111. The van der Waals surface area contributed by atoms with Gasteiger partial charge in [-0.3, -0.25) is 0 Å². The minimum absolute atomic E-state index is 0.907. The lowest BCUT2D eigenvalue weighted by molar-refractivity contribution is 0.525.